The van der Waals surface area contributed by atoms with Gasteiger partial charge in [-0.2, -0.15) is 0 Å². The number of hydrogen-bond donors (Lipinski definition) is 2. The zero-order chi connectivity index (χ0) is 15.3. The summed E-state index contributed by atoms with van der Waals surface area (Å²) in [5, 5.41) is 13.3. The van der Waals surface area contributed by atoms with Gasteiger partial charge in [0.05, 0.1) is 12.0 Å². The molecule has 1 fully saturated rings. The van der Waals surface area contributed by atoms with Gasteiger partial charge in [0.2, 0.25) is 5.91 Å². The number of amides is 1. The molecule has 1 saturated carbocycles. The van der Waals surface area contributed by atoms with Gasteiger partial charge in [0.15, 0.2) is 0 Å². The fourth-order valence-electron chi connectivity index (χ4n) is 3.08. The normalized spacial score (nSPS) is 19.0. The van der Waals surface area contributed by atoms with Crippen molar-refractivity contribution in [2.24, 2.45) is 0 Å². The molecule has 1 aliphatic rings. The highest BCUT2D eigenvalue weighted by Gasteiger charge is 2.31. The summed E-state index contributed by atoms with van der Waals surface area (Å²) >= 11 is 0. The van der Waals surface area contributed by atoms with Gasteiger partial charge in [-0.15, -0.1) is 0 Å². The molecule has 1 aliphatic carbocycles. The third kappa shape index (κ3) is 5.12. The van der Waals surface area contributed by atoms with Gasteiger partial charge in [-0.05, 0) is 43.9 Å². The lowest BCUT2D eigenvalue weighted by molar-refractivity contribution is -0.128. The topological polar surface area (TPSA) is 49.3 Å². The second kappa shape index (κ2) is 7.03. The molecule has 1 aromatic carbocycles. The highest BCUT2D eigenvalue weighted by molar-refractivity contribution is 5.77. The monoisotopic (exact) mass is 293 g/mol. The smallest absolute Gasteiger partial charge is 0.223 e. The minimum atomic E-state index is -0.832. The minimum Gasteiger partial charge on any atom is -0.389 e. The van der Waals surface area contributed by atoms with E-state index in [0.717, 1.165) is 24.8 Å². The number of aliphatic hydroxyl groups is 1. The van der Waals surface area contributed by atoms with E-state index in [1.54, 1.807) is 6.07 Å². The van der Waals surface area contributed by atoms with Crippen LogP contribution in [-0.4, -0.2) is 22.7 Å². The zero-order valence-electron chi connectivity index (χ0n) is 12.6. The predicted molar refractivity (Wildman–Crippen MR) is 80.4 cm³/mol. The summed E-state index contributed by atoms with van der Waals surface area (Å²) in [6.45, 7) is 1.90. The summed E-state index contributed by atoms with van der Waals surface area (Å²) in [6.07, 6.45) is 5.28. The highest BCUT2D eigenvalue weighted by Crippen LogP contribution is 2.30. The van der Waals surface area contributed by atoms with Crippen molar-refractivity contribution in [3.8, 4) is 0 Å². The number of nitrogens with one attached hydrogen (secondary N) is 1. The summed E-state index contributed by atoms with van der Waals surface area (Å²) in [6, 6.07) is 6.33. The van der Waals surface area contributed by atoms with E-state index in [1.165, 1.54) is 12.1 Å². The maximum atomic E-state index is 13.1. The molecule has 0 heterocycles. The van der Waals surface area contributed by atoms with Crippen LogP contribution in [0.5, 0.6) is 0 Å². The first-order chi connectivity index (χ1) is 9.97. The summed E-state index contributed by atoms with van der Waals surface area (Å²) in [5.74, 6) is -0.383. The van der Waals surface area contributed by atoms with Crippen LogP contribution in [0.2, 0.25) is 0 Å². The molecule has 0 saturated heterocycles. The minimum absolute atomic E-state index is 0.0773. The van der Waals surface area contributed by atoms with Crippen molar-refractivity contribution >= 4 is 5.91 Å². The molecule has 3 nitrogen and oxygen atoms in total. The Labute approximate surface area is 125 Å². The number of benzene rings is 1. The number of carbonyl (C=O) groups excluding carboxylic acids is 1. The second-order valence-corrected chi connectivity index (χ2v) is 6.26. The zero-order valence-corrected chi connectivity index (χ0v) is 12.6. The average Bonchev–Trinajstić information content (AvgIpc) is 2.38. The van der Waals surface area contributed by atoms with Gasteiger partial charge in [0, 0.05) is 6.04 Å². The molecule has 0 radical (unpaired) electrons. The molecule has 1 aromatic rings. The van der Waals surface area contributed by atoms with Crippen LogP contribution in [0.3, 0.4) is 0 Å². The van der Waals surface area contributed by atoms with Gasteiger partial charge in [-0.3, -0.25) is 4.79 Å². The number of hydrogen-bond acceptors (Lipinski definition) is 2. The fraction of sp³-hybridized carbons (Fsp3) is 0.588. The van der Waals surface area contributed by atoms with Crippen molar-refractivity contribution in [1.29, 1.82) is 0 Å². The Balaban J connectivity index is 1.81. The molecule has 4 heteroatoms. The summed E-state index contributed by atoms with van der Waals surface area (Å²) < 4.78 is 13.1. The van der Waals surface area contributed by atoms with Crippen LogP contribution in [0.1, 0.15) is 51.0 Å². The average molecular weight is 293 g/mol. The molecule has 0 aromatic heterocycles. The Morgan fingerprint density at radius 1 is 1.38 bits per heavy atom. The van der Waals surface area contributed by atoms with Crippen molar-refractivity contribution in [2.75, 3.05) is 0 Å². The van der Waals surface area contributed by atoms with Gasteiger partial charge >= 0.3 is 0 Å². The highest BCUT2D eigenvalue weighted by atomic mass is 19.1. The Morgan fingerprint density at radius 3 is 2.76 bits per heavy atom. The molecule has 1 atom stereocenters. The molecular weight excluding hydrogens is 269 g/mol. The third-order valence-corrected chi connectivity index (χ3v) is 4.11. The van der Waals surface area contributed by atoms with Crippen molar-refractivity contribution in [2.45, 2.75) is 63.5 Å². The second-order valence-electron chi connectivity index (χ2n) is 6.26. The van der Waals surface area contributed by atoms with Crippen molar-refractivity contribution in [1.82, 2.24) is 5.32 Å². The van der Waals surface area contributed by atoms with Gasteiger partial charge in [0.1, 0.15) is 5.82 Å². The Morgan fingerprint density at radius 2 is 2.10 bits per heavy atom. The van der Waals surface area contributed by atoms with Crippen LogP contribution in [-0.2, 0) is 11.2 Å². The lowest BCUT2D eigenvalue weighted by Gasteiger charge is -2.31. The fourth-order valence-corrected chi connectivity index (χ4v) is 3.08. The van der Waals surface area contributed by atoms with E-state index < -0.39 is 5.60 Å². The first-order valence-corrected chi connectivity index (χ1v) is 7.73. The number of halogens is 1. The van der Waals surface area contributed by atoms with E-state index in [0.29, 0.717) is 19.3 Å². The van der Waals surface area contributed by atoms with Crippen LogP contribution in [0.25, 0.3) is 0 Å². The predicted octanol–water partition coefficient (Wildman–Crippen LogP) is 2.96. The van der Waals surface area contributed by atoms with Crippen LogP contribution in [0.4, 0.5) is 4.39 Å². The molecule has 0 bridgehead atoms. The van der Waals surface area contributed by atoms with E-state index in [-0.39, 0.29) is 24.2 Å². The Bertz CT molecular complexity index is 483. The van der Waals surface area contributed by atoms with Crippen molar-refractivity contribution in [3.63, 3.8) is 0 Å². The van der Waals surface area contributed by atoms with Crippen molar-refractivity contribution in [3.05, 3.63) is 35.6 Å². The van der Waals surface area contributed by atoms with Crippen LogP contribution in [0.15, 0.2) is 24.3 Å². The first-order valence-electron chi connectivity index (χ1n) is 7.73. The van der Waals surface area contributed by atoms with Gasteiger partial charge in [0.25, 0.3) is 0 Å². The molecule has 0 aliphatic heterocycles. The van der Waals surface area contributed by atoms with Gasteiger partial charge in [-0.1, -0.05) is 31.4 Å². The first kappa shape index (κ1) is 16.0. The van der Waals surface area contributed by atoms with E-state index in [2.05, 4.69) is 5.32 Å². The van der Waals surface area contributed by atoms with Gasteiger partial charge in [-0.25, -0.2) is 4.39 Å². The number of carbonyl (C=O) groups is 1. The Kier molecular flexibility index (Phi) is 5.34. The summed E-state index contributed by atoms with van der Waals surface area (Å²) in [5.41, 5.74) is 0.0279. The molecule has 0 spiro atoms. The summed E-state index contributed by atoms with van der Waals surface area (Å²) in [4.78, 5) is 12.0. The van der Waals surface area contributed by atoms with Crippen LogP contribution >= 0.6 is 0 Å². The van der Waals surface area contributed by atoms with Crippen molar-refractivity contribution < 1.29 is 14.3 Å². The largest absolute Gasteiger partial charge is 0.389 e. The molecule has 1 unspecified atom stereocenters. The SMILES string of the molecule is CC(Cc1cccc(F)c1)NC(=O)CC1(O)CCCCC1. The standard InChI is InChI=1S/C17H24FNO2/c1-13(10-14-6-5-7-15(18)11-14)19-16(20)12-17(21)8-3-2-4-9-17/h5-7,11,13,21H,2-4,8-10,12H2,1H3,(H,19,20). The molecule has 2 rings (SSSR count). The van der Waals surface area contributed by atoms with Gasteiger partial charge < -0.3 is 10.4 Å². The lowest BCUT2D eigenvalue weighted by Crippen LogP contribution is -2.41. The van der Waals surface area contributed by atoms with E-state index >= 15 is 0 Å². The van der Waals surface area contributed by atoms with E-state index in [4.69, 9.17) is 0 Å². The molecule has 116 valence electrons. The van der Waals surface area contributed by atoms with E-state index in [9.17, 15) is 14.3 Å². The number of rotatable bonds is 5. The molecular formula is C17H24FNO2. The Hall–Kier alpha value is -1.42. The molecule has 21 heavy (non-hydrogen) atoms. The maximum absolute atomic E-state index is 13.1. The lowest BCUT2D eigenvalue weighted by atomic mass is 9.82. The summed E-state index contributed by atoms with van der Waals surface area (Å²) in [7, 11) is 0. The van der Waals surface area contributed by atoms with E-state index in [1.807, 2.05) is 13.0 Å². The molecule has 2 N–H and O–H groups in total. The maximum Gasteiger partial charge on any atom is 0.223 e. The third-order valence-electron chi connectivity index (χ3n) is 4.11. The van der Waals surface area contributed by atoms with Crippen LogP contribution < -0.4 is 5.32 Å². The molecule has 1 amide bonds. The quantitative estimate of drug-likeness (QED) is 0.877. The van der Waals surface area contributed by atoms with Crippen LogP contribution in [0, 0.1) is 5.82 Å².